The van der Waals surface area contributed by atoms with Gasteiger partial charge in [0.15, 0.2) is 11.5 Å². The molecule has 0 unspecified atom stereocenters. The van der Waals surface area contributed by atoms with Crippen molar-refractivity contribution in [3.05, 3.63) is 23.8 Å². The molecule has 0 aromatic heterocycles. The molecule has 1 aromatic rings. The van der Waals surface area contributed by atoms with E-state index >= 15 is 0 Å². The predicted molar refractivity (Wildman–Crippen MR) is 57.4 cm³/mol. The Kier molecular flexibility index (Phi) is 2.99. The van der Waals surface area contributed by atoms with Crippen LogP contribution >= 0.6 is 0 Å². The van der Waals surface area contributed by atoms with Gasteiger partial charge in [-0.15, -0.1) is 0 Å². The standard InChI is InChI=1S/C12H14O4/c1-3-12(13)16-8(2)9-4-5-10-11(6-9)15-7-14-10/h4-6,8H,3,7H2,1-2H3/t8-/m1/s1. The Hall–Kier alpha value is -1.71. The number of fused-ring (bicyclic) bond motifs is 1. The largest absolute Gasteiger partial charge is 0.458 e. The summed E-state index contributed by atoms with van der Waals surface area (Å²) in [6.45, 7) is 3.86. The van der Waals surface area contributed by atoms with Crippen molar-refractivity contribution >= 4 is 5.97 Å². The first-order valence-corrected chi connectivity index (χ1v) is 5.29. The summed E-state index contributed by atoms with van der Waals surface area (Å²) < 4.78 is 15.7. The van der Waals surface area contributed by atoms with E-state index in [0.717, 1.165) is 11.3 Å². The minimum Gasteiger partial charge on any atom is -0.458 e. The first-order chi connectivity index (χ1) is 7.70. The maximum atomic E-state index is 11.2. The first kappa shape index (κ1) is 10.8. The van der Waals surface area contributed by atoms with E-state index in [1.165, 1.54) is 0 Å². The van der Waals surface area contributed by atoms with E-state index in [2.05, 4.69) is 0 Å². The molecule has 1 aliphatic heterocycles. The van der Waals surface area contributed by atoms with Gasteiger partial charge in [0.2, 0.25) is 6.79 Å². The van der Waals surface area contributed by atoms with Crippen LogP contribution in [0.2, 0.25) is 0 Å². The van der Waals surface area contributed by atoms with Gasteiger partial charge >= 0.3 is 5.97 Å². The molecule has 1 aliphatic rings. The quantitative estimate of drug-likeness (QED) is 0.737. The van der Waals surface area contributed by atoms with Gasteiger partial charge in [0.1, 0.15) is 6.10 Å². The molecule has 0 saturated carbocycles. The lowest BCUT2D eigenvalue weighted by Gasteiger charge is -2.13. The fourth-order valence-electron chi connectivity index (χ4n) is 1.51. The Morgan fingerprint density at radius 1 is 1.44 bits per heavy atom. The summed E-state index contributed by atoms with van der Waals surface area (Å²) in [5.74, 6) is 1.24. The zero-order valence-corrected chi connectivity index (χ0v) is 9.36. The van der Waals surface area contributed by atoms with Crippen LogP contribution < -0.4 is 9.47 Å². The van der Waals surface area contributed by atoms with Crippen molar-refractivity contribution in [2.75, 3.05) is 6.79 Å². The minimum atomic E-state index is -0.262. The van der Waals surface area contributed by atoms with Crippen molar-refractivity contribution in [3.8, 4) is 11.5 Å². The molecule has 1 aromatic carbocycles. The Labute approximate surface area is 94.1 Å². The normalized spacial score (nSPS) is 14.6. The number of hydrogen-bond donors (Lipinski definition) is 0. The molecule has 0 N–H and O–H groups in total. The monoisotopic (exact) mass is 222 g/mol. The van der Waals surface area contributed by atoms with Gasteiger partial charge in [-0.05, 0) is 24.6 Å². The lowest BCUT2D eigenvalue weighted by Crippen LogP contribution is -2.07. The number of carbonyl (C=O) groups is 1. The molecule has 16 heavy (non-hydrogen) atoms. The van der Waals surface area contributed by atoms with Gasteiger partial charge in [-0.25, -0.2) is 0 Å². The van der Waals surface area contributed by atoms with E-state index in [1.54, 1.807) is 6.92 Å². The van der Waals surface area contributed by atoms with Crippen molar-refractivity contribution in [2.24, 2.45) is 0 Å². The average molecular weight is 222 g/mol. The highest BCUT2D eigenvalue weighted by atomic mass is 16.7. The molecule has 1 atom stereocenters. The van der Waals surface area contributed by atoms with Gasteiger partial charge in [-0.3, -0.25) is 4.79 Å². The molecule has 1 heterocycles. The van der Waals surface area contributed by atoms with Crippen LogP contribution in [-0.4, -0.2) is 12.8 Å². The molecule has 4 nitrogen and oxygen atoms in total. The number of carbonyl (C=O) groups excluding carboxylic acids is 1. The van der Waals surface area contributed by atoms with Crippen LogP contribution in [0.15, 0.2) is 18.2 Å². The number of hydrogen-bond acceptors (Lipinski definition) is 4. The molecular weight excluding hydrogens is 208 g/mol. The van der Waals surface area contributed by atoms with Crippen LogP contribution in [0.4, 0.5) is 0 Å². The van der Waals surface area contributed by atoms with Crippen molar-refractivity contribution < 1.29 is 19.0 Å². The smallest absolute Gasteiger partial charge is 0.306 e. The van der Waals surface area contributed by atoms with Crippen LogP contribution in [0.1, 0.15) is 31.9 Å². The summed E-state index contributed by atoms with van der Waals surface area (Å²) in [5, 5.41) is 0. The van der Waals surface area contributed by atoms with Gasteiger partial charge in [0.05, 0.1) is 0 Å². The molecule has 0 aliphatic carbocycles. The molecule has 0 radical (unpaired) electrons. The summed E-state index contributed by atoms with van der Waals surface area (Å²) in [7, 11) is 0. The fourth-order valence-corrected chi connectivity index (χ4v) is 1.51. The highest BCUT2D eigenvalue weighted by Gasteiger charge is 2.17. The molecule has 0 fully saturated rings. The molecule has 0 saturated heterocycles. The van der Waals surface area contributed by atoms with Gasteiger partial charge in [0, 0.05) is 6.42 Å². The van der Waals surface area contributed by atoms with Gasteiger partial charge < -0.3 is 14.2 Å². The van der Waals surface area contributed by atoms with Crippen LogP contribution in [0.5, 0.6) is 11.5 Å². The Morgan fingerprint density at radius 3 is 2.94 bits per heavy atom. The molecule has 0 spiro atoms. The first-order valence-electron chi connectivity index (χ1n) is 5.29. The van der Waals surface area contributed by atoms with Crippen molar-refractivity contribution in [1.82, 2.24) is 0 Å². The molecule has 0 amide bonds. The number of benzene rings is 1. The van der Waals surface area contributed by atoms with Crippen LogP contribution in [0, 0.1) is 0 Å². The SMILES string of the molecule is CCC(=O)O[C@H](C)c1ccc2c(c1)OCO2. The fraction of sp³-hybridized carbons (Fsp3) is 0.417. The topological polar surface area (TPSA) is 44.8 Å². The van der Waals surface area contributed by atoms with E-state index < -0.39 is 0 Å². The van der Waals surface area contributed by atoms with E-state index in [1.807, 2.05) is 25.1 Å². The molecule has 4 heteroatoms. The third kappa shape index (κ3) is 2.10. The van der Waals surface area contributed by atoms with Crippen molar-refractivity contribution in [1.29, 1.82) is 0 Å². The van der Waals surface area contributed by atoms with Gasteiger partial charge in [-0.2, -0.15) is 0 Å². The molecule has 86 valence electrons. The predicted octanol–water partition coefficient (Wildman–Crippen LogP) is 2.43. The van der Waals surface area contributed by atoms with E-state index in [0.29, 0.717) is 12.2 Å². The second kappa shape index (κ2) is 4.43. The van der Waals surface area contributed by atoms with Crippen LogP contribution in [-0.2, 0) is 9.53 Å². The lowest BCUT2D eigenvalue weighted by molar-refractivity contribution is -0.148. The van der Waals surface area contributed by atoms with Crippen molar-refractivity contribution in [3.63, 3.8) is 0 Å². The minimum absolute atomic E-state index is 0.204. The molecular formula is C12H14O4. The summed E-state index contributed by atoms with van der Waals surface area (Å²) in [6.07, 6.45) is 0.122. The Morgan fingerprint density at radius 2 is 2.19 bits per heavy atom. The van der Waals surface area contributed by atoms with E-state index in [4.69, 9.17) is 14.2 Å². The summed E-state index contributed by atoms with van der Waals surface area (Å²) in [4.78, 5) is 11.2. The third-order valence-corrected chi connectivity index (χ3v) is 2.46. The van der Waals surface area contributed by atoms with Gasteiger partial charge in [0.25, 0.3) is 0 Å². The lowest BCUT2D eigenvalue weighted by atomic mass is 10.1. The van der Waals surface area contributed by atoms with E-state index in [9.17, 15) is 4.79 Å². The van der Waals surface area contributed by atoms with E-state index in [-0.39, 0.29) is 18.9 Å². The number of esters is 1. The summed E-state index contributed by atoms with van der Waals surface area (Å²) in [6, 6.07) is 5.55. The maximum absolute atomic E-state index is 11.2. The maximum Gasteiger partial charge on any atom is 0.306 e. The average Bonchev–Trinajstić information content (AvgIpc) is 2.75. The molecule has 0 bridgehead atoms. The highest BCUT2D eigenvalue weighted by molar-refractivity contribution is 5.69. The zero-order chi connectivity index (χ0) is 11.5. The number of rotatable bonds is 3. The Bertz CT molecular complexity index is 400. The van der Waals surface area contributed by atoms with Gasteiger partial charge in [-0.1, -0.05) is 13.0 Å². The Balaban J connectivity index is 2.12. The highest BCUT2D eigenvalue weighted by Crippen LogP contribution is 2.34. The van der Waals surface area contributed by atoms with Crippen LogP contribution in [0.3, 0.4) is 0 Å². The molecule has 2 rings (SSSR count). The second-order valence-electron chi connectivity index (χ2n) is 3.60. The van der Waals surface area contributed by atoms with Crippen molar-refractivity contribution in [2.45, 2.75) is 26.4 Å². The summed E-state index contributed by atoms with van der Waals surface area (Å²) in [5.41, 5.74) is 0.908. The third-order valence-electron chi connectivity index (χ3n) is 2.46. The number of ether oxygens (including phenoxy) is 3. The second-order valence-corrected chi connectivity index (χ2v) is 3.60. The van der Waals surface area contributed by atoms with Crippen LogP contribution in [0.25, 0.3) is 0 Å². The summed E-state index contributed by atoms with van der Waals surface area (Å²) >= 11 is 0. The zero-order valence-electron chi connectivity index (χ0n) is 9.36.